The van der Waals surface area contributed by atoms with Gasteiger partial charge in [0, 0.05) is 31.8 Å². The normalized spacial score (nSPS) is 12.7. The van der Waals surface area contributed by atoms with Crippen LogP contribution in [0.3, 0.4) is 0 Å². The van der Waals surface area contributed by atoms with Gasteiger partial charge in [0.2, 0.25) is 0 Å². The lowest BCUT2D eigenvalue weighted by atomic mass is 9.84. The fourth-order valence-electron chi connectivity index (χ4n) is 3.12. The van der Waals surface area contributed by atoms with E-state index in [1.54, 1.807) is 13.1 Å². The summed E-state index contributed by atoms with van der Waals surface area (Å²) in [6.07, 6.45) is 1.23. The number of sulfone groups is 1. The first-order valence-corrected chi connectivity index (χ1v) is 11.2. The van der Waals surface area contributed by atoms with Crippen molar-refractivity contribution in [1.29, 1.82) is 0 Å². The van der Waals surface area contributed by atoms with Crippen LogP contribution >= 0.6 is 0 Å². The van der Waals surface area contributed by atoms with Gasteiger partial charge in [0.25, 0.3) is 0 Å². The smallest absolute Gasteiger partial charge is 0.191 e. The Hall–Kier alpha value is -2.34. The molecule has 0 radical (unpaired) electrons. The molecule has 0 atom stereocenters. The van der Waals surface area contributed by atoms with Gasteiger partial charge in [0.1, 0.15) is 0 Å². The van der Waals surface area contributed by atoms with E-state index in [0.717, 1.165) is 17.7 Å². The standard InChI is InChI=1S/C22H31N3O2S/c1-16-8-7-9-19(12-16)22(3,4)15-25-21(23-5)24-14-18-10-11-20(17(2)13-18)28(6,26)27/h7-13H,14-15H2,1-6H3,(H2,23,24,25). The summed E-state index contributed by atoms with van der Waals surface area (Å²) in [5, 5.41) is 6.69. The van der Waals surface area contributed by atoms with Crippen LogP contribution in [0.4, 0.5) is 0 Å². The molecule has 6 heteroatoms. The van der Waals surface area contributed by atoms with Crippen LogP contribution in [-0.4, -0.2) is 34.2 Å². The van der Waals surface area contributed by atoms with E-state index in [4.69, 9.17) is 0 Å². The zero-order valence-electron chi connectivity index (χ0n) is 17.6. The van der Waals surface area contributed by atoms with Gasteiger partial charge in [-0.3, -0.25) is 4.99 Å². The van der Waals surface area contributed by atoms with Crippen molar-refractivity contribution >= 4 is 15.8 Å². The third-order valence-electron chi connectivity index (χ3n) is 4.82. The Labute approximate surface area is 169 Å². The Kier molecular flexibility index (Phi) is 6.88. The predicted octanol–water partition coefficient (Wildman–Crippen LogP) is 3.35. The highest BCUT2D eigenvalue weighted by atomic mass is 32.2. The van der Waals surface area contributed by atoms with Gasteiger partial charge in [0.15, 0.2) is 15.8 Å². The van der Waals surface area contributed by atoms with Crippen molar-refractivity contribution in [2.24, 2.45) is 4.99 Å². The Morgan fingerprint density at radius 1 is 1.07 bits per heavy atom. The van der Waals surface area contributed by atoms with Crippen LogP contribution in [-0.2, 0) is 21.8 Å². The summed E-state index contributed by atoms with van der Waals surface area (Å²) in [5.41, 5.74) is 4.25. The van der Waals surface area contributed by atoms with E-state index in [9.17, 15) is 8.42 Å². The Balaban J connectivity index is 1.99. The van der Waals surface area contributed by atoms with Crippen LogP contribution in [0.2, 0.25) is 0 Å². The number of hydrogen-bond acceptors (Lipinski definition) is 3. The molecule has 0 aliphatic rings. The van der Waals surface area contributed by atoms with E-state index in [0.29, 0.717) is 17.4 Å². The highest BCUT2D eigenvalue weighted by Crippen LogP contribution is 2.23. The molecule has 0 aromatic heterocycles. The van der Waals surface area contributed by atoms with Crippen LogP contribution in [0.15, 0.2) is 52.4 Å². The molecule has 28 heavy (non-hydrogen) atoms. The number of aryl methyl sites for hydroxylation is 2. The molecule has 0 aliphatic heterocycles. The van der Waals surface area contributed by atoms with E-state index in [-0.39, 0.29) is 5.41 Å². The topological polar surface area (TPSA) is 70.6 Å². The minimum Gasteiger partial charge on any atom is -0.356 e. The summed E-state index contributed by atoms with van der Waals surface area (Å²) in [5.74, 6) is 0.713. The summed E-state index contributed by atoms with van der Waals surface area (Å²) in [6, 6.07) is 13.9. The number of aliphatic imine (C=N–C) groups is 1. The second-order valence-corrected chi connectivity index (χ2v) is 9.89. The Morgan fingerprint density at radius 2 is 1.79 bits per heavy atom. The molecular formula is C22H31N3O2S. The maximum Gasteiger partial charge on any atom is 0.191 e. The van der Waals surface area contributed by atoms with Crippen LogP contribution in [0, 0.1) is 13.8 Å². The van der Waals surface area contributed by atoms with Crippen molar-refractivity contribution in [2.45, 2.75) is 44.6 Å². The molecule has 0 spiro atoms. The molecule has 0 bridgehead atoms. The molecular weight excluding hydrogens is 370 g/mol. The number of hydrogen-bond donors (Lipinski definition) is 2. The fraction of sp³-hybridized carbons (Fsp3) is 0.409. The van der Waals surface area contributed by atoms with Gasteiger partial charge in [0.05, 0.1) is 4.90 Å². The molecule has 2 rings (SSSR count). The van der Waals surface area contributed by atoms with E-state index in [2.05, 4.69) is 60.7 Å². The Morgan fingerprint density at radius 3 is 2.36 bits per heavy atom. The van der Waals surface area contributed by atoms with E-state index < -0.39 is 9.84 Å². The molecule has 0 amide bonds. The monoisotopic (exact) mass is 401 g/mol. The minimum absolute atomic E-state index is 0.0443. The van der Waals surface area contributed by atoms with Crippen molar-refractivity contribution < 1.29 is 8.42 Å². The summed E-state index contributed by atoms with van der Waals surface area (Å²) in [7, 11) is -1.45. The maximum atomic E-state index is 11.7. The minimum atomic E-state index is -3.20. The predicted molar refractivity (Wildman–Crippen MR) is 117 cm³/mol. The van der Waals surface area contributed by atoms with Crippen LogP contribution in [0.25, 0.3) is 0 Å². The van der Waals surface area contributed by atoms with Gasteiger partial charge in [-0.05, 0) is 36.6 Å². The molecule has 5 nitrogen and oxygen atoms in total. The number of benzene rings is 2. The fourth-order valence-corrected chi connectivity index (χ4v) is 4.08. The average molecular weight is 402 g/mol. The number of guanidine groups is 1. The first-order valence-electron chi connectivity index (χ1n) is 9.34. The molecule has 0 aliphatic carbocycles. The molecule has 0 unspecified atom stereocenters. The van der Waals surface area contributed by atoms with Crippen molar-refractivity contribution in [1.82, 2.24) is 10.6 Å². The van der Waals surface area contributed by atoms with Gasteiger partial charge in [-0.25, -0.2) is 8.42 Å². The number of rotatable bonds is 6. The van der Waals surface area contributed by atoms with E-state index in [1.165, 1.54) is 17.4 Å². The second kappa shape index (κ2) is 8.78. The highest BCUT2D eigenvalue weighted by molar-refractivity contribution is 7.90. The van der Waals surface area contributed by atoms with E-state index in [1.807, 2.05) is 19.1 Å². The van der Waals surface area contributed by atoms with Gasteiger partial charge in [-0.1, -0.05) is 55.8 Å². The summed E-state index contributed by atoms with van der Waals surface area (Å²) < 4.78 is 23.5. The zero-order chi connectivity index (χ0) is 20.9. The van der Waals surface area contributed by atoms with Crippen molar-refractivity contribution in [2.75, 3.05) is 19.8 Å². The zero-order valence-corrected chi connectivity index (χ0v) is 18.4. The molecule has 0 saturated carbocycles. The first kappa shape index (κ1) is 22.0. The van der Waals surface area contributed by atoms with Crippen LogP contribution in [0.5, 0.6) is 0 Å². The molecule has 0 saturated heterocycles. The van der Waals surface area contributed by atoms with E-state index >= 15 is 0 Å². The second-order valence-electron chi connectivity index (χ2n) is 7.90. The molecule has 2 aromatic carbocycles. The van der Waals surface area contributed by atoms with Gasteiger partial charge >= 0.3 is 0 Å². The number of nitrogens with one attached hydrogen (secondary N) is 2. The van der Waals surface area contributed by atoms with Crippen LogP contribution < -0.4 is 10.6 Å². The molecule has 152 valence electrons. The van der Waals surface area contributed by atoms with Gasteiger partial charge in [-0.15, -0.1) is 0 Å². The third kappa shape index (κ3) is 5.83. The lowest BCUT2D eigenvalue weighted by Crippen LogP contribution is -2.43. The largest absolute Gasteiger partial charge is 0.356 e. The molecule has 0 heterocycles. The third-order valence-corrected chi connectivity index (χ3v) is 6.08. The quantitative estimate of drug-likeness (QED) is 0.575. The summed E-state index contributed by atoms with van der Waals surface area (Å²) >= 11 is 0. The lowest BCUT2D eigenvalue weighted by Gasteiger charge is -2.27. The van der Waals surface area contributed by atoms with Crippen molar-refractivity contribution in [3.8, 4) is 0 Å². The van der Waals surface area contributed by atoms with Gasteiger partial charge in [-0.2, -0.15) is 0 Å². The molecule has 0 fully saturated rings. The summed E-state index contributed by atoms with van der Waals surface area (Å²) in [4.78, 5) is 4.67. The lowest BCUT2D eigenvalue weighted by molar-refractivity contribution is 0.508. The summed E-state index contributed by atoms with van der Waals surface area (Å²) in [6.45, 7) is 9.63. The average Bonchev–Trinajstić information content (AvgIpc) is 2.61. The van der Waals surface area contributed by atoms with Crippen LogP contribution in [0.1, 0.15) is 36.1 Å². The number of nitrogens with zero attached hydrogens (tertiary/aromatic N) is 1. The van der Waals surface area contributed by atoms with Gasteiger partial charge < -0.3 is 10.6 Å². The Bertz CT molecular complexity index is 963. The first-order chi connectivity index (χ1) is 13.0. The maximum absolute atomic E-state index is 11.7. The SMILES string of the molecule is CN=C(NCc1ccc(S(C)(=O)=O)c(C)c1)NCC(C)(C)c1cccc(C)c1. The molecule has 2 aromatic rings. The van der Waals surface area contributed by atoms with Crippen molar-refractivity contribution in [3.05, 3.63) is 64.7 Å². The van der Waals surface area contributed by atoms with Crippen molar-refractivity contribution in [3.63, 3.8) is 0 Å². The highest BCUT2D eigenvalue weighted by Gasteiger charge is 2.21. The molecule has 2 N–H and O–H groups in total.